The van der Waals surface area contributed by atoms with Gasteiger partial charge in [-0.25, -0.2) is 0 Å². The first kappa shape index (κ1) is 18.1. The maximum Gasteiger partial charge on any atom is 0.165 e. The van der Waals surface area contributed by atoms with Crippen LogP contribution in [0.5, 0.6) is 11.5 Å². The number of benzene rings is 1. The molecule has 120 valence electrons. The second-order valence-electron chi connectivity index (χ2n) is 4.82. The average Bonchev–Trinajstić information content (AvgIpc) is 2.49. The molecular formula is C16H26ClNO3. The largest absolute Gasteiger partial charge is 0.493 e. The highest BCUT2D eigenvalue weighted by Gasteiger charge is 2.12. The Bertz CT molecular complexity index is 413. The lowest BCUT2D eigenvalue weighted by Crippen LogP contribution is -2.19. The van der Waals surface area contributed by atoms with Crippen LogP contribution in [0.4, 0.5) is 0 Å². The van der Waals surface area contributed by atoms with E-state index in [1.807, 2.05) is 6.07 Å². The molecule has 0 amide bonds. The van der Waals surface area contributed by atoms with Crippen LogP contribution in [0.25, 0.3) is 0 Å². The van der Waals surface area contributed by atoms with Crippen LogP contribution in [0.2, 0.25) is 5.02 Å². The van der Waals surface area contributed by atoms with Crippen LogP contribution in [0.15, 0.2) is 12.1 Å². The van der Waals surface area contributed by atoms with Crippen molar-refractivity contribution in [1.82, 2.24) is 5.32 Å². The van der Waals surface area contributed by atoms with E-state index in [1.165, 1.54) is 6.42 Å². The molecule has 0 aliphatic carbocycles. The van der Waals surface area contributed by atoms with Gasteiger partial charge in [0, 0.05) is 36.9 Å². The zero-order chi connectivity index (χ0) is 15.5. The summed E-state index contributed by atoms with van der Waals surface area (Å²) in [6, 6.07) is 3.70. The van der Waals surface area contributed by atoms with Crippen molar-refractivity contribution < 1.29 is 14.2 Å². The molecule has 0 radical (unpaired) electrons. The van der Waals surface area contributed by atoms with Gasteiger partial charge in [0.15, 0.2) is 11.5 Å². The van der Waals surface area contributed by atoms with Gasteiger partial charge in [-0.05, 0) is 12.5 Å². The van der Waals surface area contributed by atoms with Crippen molar-refractivity contribution in [2.24, 2.45) is 0 Å². The summed E-state index contributed by atoms with van der Waals surface area (Å²) < 4.78 is 16.3. The van der Waals surface area contributed by atoms with Crippen molar-refractivity contribution >= 4 is 11.6 Å². The highest BCUT2D eigenvalue weighted by Crippen LogP contribution is 2.34. The lowest BCUT2D eigenvalue weighted by Gasteiger charge is -2.16. The summed E-state index contributed by atoms with van der Waals surface area (Å²) in [7, 11) is 3.32. The van der Waals surface area contributed by atoms with Gasteiger partial charge in [-0.15, -0.1) is 0 Å². The van der Waals surface area contributed by atoms with Crippen molar-refractivity contribution in [3.8, 4) is 11.5 Å². The number of ether oxygens (including phenoxy) is 3. The summed E-state index contributed by atoms with van der Waals surface area (Å²) in [6.45, 7) is 4.99. The number of unbranched alkanes of at least 4 members (excludes halogenated alkanes) is 2. The van der Waals surface area contributed by atoms with Gasteiger partial charge in [0.05, 0.1) is 20.3 Å². The van der Waals surface area contributed by atoms with Gasteiger partial charge < -0.3 is 19.5 Å². The van der Waals surface area contributed by atoms with Crippen molar-refractivity contribution in [3.05, 3.63) is 22.7 Å². The third-order valence-electron chi connectivity index (χ3n) is 3.11. The van der Waals surface area contributed by atoms with E-state index in [9.17, 15) is 0 Å². The maximum absolute atomic E-state index is 6.14. The van der Waals surface area contributed by atoms with Gasteiger partial charge in [-0.2, -0.15) is 0 Å². The quantitative estimate of drug-likeness (QED) is 0.633. The monoisotopic (exact) mass is 315 g/mol. The number of hydrogen-bond donors (Lipinski definition) is 1. The Hall–Kier alpha value is -0.970. The lowest BCUT2D eigenvalue weighted by atomic mass is 10.1. The first-order chi connectivity index (χ1) is 10.2. The molecule has 1 rings (SSSR count). The minimum Gasteiger partial charge on any atom is -0.493 e. The Kier molecular flexibility index (Phi) is 9.22. The van der Waals surface area contributed by atoms with Gasteiger partial charge in [0.2, 0.25) is 0 Å². The molecule has 0 atom stereocenters. The van der Waals surface area contributed by atoms with Crippen LogP contribution in [-0.4, -0.2) is 34.0 Å². The molecule has 0 saturated carbocycles. The normalized spacial score (nSPS) is 10.7. The first-order valence-electron chi connectivity index (χ1n) is 7.41. The fourth-order valence-corrected chi connectivity index (χ4v) is 2.22. The molecule has 0 fully saturated rings. The second kappa shape index (κ2) is 10.7. The maximum atomic E-state index is 6.14. The fraction of sp³-hybridized carbons (Fsp3) is 0.625. The molecule has 0 saturated heterocycles. The highest BCUT2D eigenvalue weighted by atomic mass is 35.5. The van der Waals surface area contributed by atoms with E-state index >= 15 is 0 Å². The Morgan fingerprint density at radius 1 is 1.14 bits per heavy atom. The molecular weight excluding hydrogens is 290 g/mol. The van der Waals surface area contributed by atoms with Crippen LogP contribution >= 0.6 is 11.6 Å². The Balaban J connectivity index is 2.74. The van der Waals surface area contributed by atoms with E-state index in [1.54, 1.807) is 20.3 Å². The molecule has 0 spiro atoms. The molecule has 5 heteroatoms. The number of halogens is 1. The van der Waals surface area contributed by atoms with Crippen molar-refractivity contribution in [3.63, 3.8) is 0 Å². The van der Waals surface area contributed by atoms with Crippen molar-refractivity contribution in [2.45, 2.75) is 32.7 Å². The van der Waals surface area contributed by atoms with E-state index in [0.29, 0.717) is 30.5 Å². The molecule has 1 aromatic rings. The summed E-state index contributed by atoms with van der Waals surface area (Å²) in [5, 5.41) is 3.95. The van der Waals surface area contributed by atoms with Gasteiger partial charge in [-0.1, -0.05) is 31.4 Å². The smallest absolute Gasteiger partial charge is 0.165 e. The van der Waals surface area contributed by atoms with Crippen LogP contribution in [0, 0.1) is 0 Å². The lowest BCUT2D eigenvalue weighted by molar-refractivity contribution is 0.199. The molecule has 1 aromatic carbocycles. The molecule has 21 heavy (non-hydrogen) atoms. The molecule has 0 aromatic heterocycles. The van der Waals surface area contributed by atoms with E-state index < -0.39 is 0 Å². The number of hydrogen-bond acceptors (Lipinski definition) is 4. The van der Waals surface area contributed by atoms with Gasteiger partial charge in [0.25, 0.3) is 0 Å². The third-order valence-corrected chi connectivity index (χ3v) is 3.33. The minimum atomic E-state index is 0.649. The first-order valence-corrected chi connectivity index (χ1v) is 7.79. The van der Waals surface area contributed by atoms with Gasteiger partial charge in [-0.3, -0.25) is 0 Å². The fourth-order valence-electron chi connectivity index (χ4n) is 1.99. The number of rotatable bonds is 11. The number of nitrogens with one attached hydrogen (secondary N) is 1. The van der Waals surface area contributed by atoms with E-state index in [2.05, 4.69) is 12.2 Å². The molecule has 0 bridgehead atoms. The summed E-state index contributed by atoms with van der Waals surface area (Å²) in [5.41, 5.74) is 1.01. The average molecular weight is 316 g/mol. The van der Waals surface area contributed by atoms with E-state index in [0.717, 1.165) is 30.7 Å². The van der Waals surface area contributed by atoms with Crippen LogP contribution in [0.1, 0.15) is 31.7 Å². The zero-order valence-corrected chi connectivity index (χ0v) is 14.0. The Labute approximate surface area is 132 Å². The van der Waals surface area contributed by atoms with Crippen LogP contribution < -0.4 is 14.8 Å². The molecule has 0 heterocycles. The van der Waals surface area contributed by atoms with Crippen molar-refractivity contribution in [2.75, 3.05) is 34.0 Å². The predicted octanol–water partition coefficient (Wildman–Crippen LogP) is 3.65. The zero-order valence-electron chi connectivity index (χ0n) is 13.2. The SMILES string of the molecule is CCCCCOc1c(CNCCOC)cc(Cl)cc1OC. The molecule has 0 unspecified atom stereocenters. The molecule has 1 N–H and O–H groups in total. The summed E-state index contributed by atoms with van der Waals surface area (Å²) in [5.74, 6) is 1.46. The van der Waals surface area contributed by atoms with E-state index in [4.69, 9.17) is 25.8 Å². The third kappa shape index (κ3) is 6.55. The minimum absolute atomic E-state index is 0.649. The number of methoxy groups -OCH3 is 2. The Morgan fingerprint density at radius 2 is 1.95 bits per heavy atom. The van der Waals surface area contributed by atoms with E-state index in [-0.39, 0.29) is 0 Å². The van der Waals surface area contributed by atoms with Crippen molar-refractivity contribution in [1.29, 1.82) is 0 Å². The predicted molar refractivity (Wildman–Crippen MR) is 86.6 cm³/mol. The van der Waals surface area contributed by atoms with Crippen LogP contribution in [-0.2, 0) is 11.3 Å². The van der Waals surface area contributed by atoms with Gasteiger partial charge in [0.1, 0.15) is 0 Å². The summed E-state index contributed by atoms with van der Waals surface area (Å²) >= 11 is 6.14. The molecule has 0 aliphatic rings. The molecule has 0 aliphatic heterocycles. The topological polar surface area (TPSA) is 39.7 Å². The summed E-state index contributed by atoms with van der Waals surface area (Å²) in [4.78, 5) is 0. The van der Waals surface area contributed by atoms with Crippen LogP contribution in [0.3, 0.4) is 0 Å². The highest BCUT2D eigenvalue weighted by molar-refractivity contribution is 6.30. The second-order valence-corrected chi connectivity index (χ2v) is 5.26. The summed E-state index contributed by atoms with van der Waals surface area (Å²) in [6.07, 6.45) is 3.38. The molecule has 4 nitrogen and oxygen atoms in total. The Morgan fingerprint density at radius 3 is 2.62 bits per heavy atom. The van der Waals surface area contributed by atoms with Gasteiger partial charge >= 0.3 is 0 Å². The standard InChI is InChI=1S/C16H26ClNO3/c1-4-5-6-8-21-16-13(12-18-7-9-19-2)10-14(17)11-15(16)20-3/h10-11,18H,4-9,12H2,1-3H3.